The van der Waals surface area contributed by atoms with E-state index in [-0.39, 0.29) is 23.5 Å². The van der Waals surface area contributed by atoms with Gasteiger partial charge in [0.05, 0.1) is 17.4 Å². The molecular formula is C24H34N4O5. The number of carbonyl (C=O) groups is 3. The van der Waals surface area contributed by atoms with Crippen molar-refractivity contribution in [1.29, 1.82) is 0 Å². The molecule has 1 aromatic heterocycles. The van der Waals surface area contributed by atoms with Gasteiger partial charge in [0, 0.05) is 18.2 Å². The maximum Gasteiger partial charge on any atom is 0.246 e. The molecule has 3 aliphatic heterocycles. The number of aromatic nitrogens is 1. The smallest absolute Gasteiger partial charge is 0.246 e. The summed E-state index contributed by atoms with van der Waals surface area (Å²) in [5.41, 5.74) is -2.68. The van der Waals surface area contributed by atoms with E-state index in [1.165, 1.54) is 0 Å². The lowest BCUT2D eigenvalue weighted by molar-refractivity contribution is -0.144. The van der Waals surface area contributed by atoms with Crippen LogP contribution in [0.5, 0.6) is 0 Å². The summed E-state index contributed by atoms with van der Waals surface area (Å²) in [6, 6.07) is 0.767. The molecule has 1 aromatic rings. The van der Waals surface area contributed by atoms with Crippen LogP contribution in [0.4, 0.5) is 5.82 Å². The molecule has 2 fully saturated rings. The largest absolute Gasteiger partial charge is 0.360 e. The molecular weight excluding hydrogens is 424 g/mol. The molecule has 2 bridgehead atoms. The van der Waals surface area contributed by atoms with Gasteiger partial charge in [0.15, 0.2) is 5.82 Å². The molecule has 0 aromatic carbocycles. The van der Waals surface area contributed by atoms with Crippen molar-refractivity contribution in [1.82, 2.24) is 15.4 Å². The van der Waals surface area contributed by atoms with E-state index in [2.05, 4.69) is 29.6 Å². The minimum atomic E-state index is -1.19. The van der Waals surface area contributed by atoms with Crippen molar-refractivity contribution in [2.75, 3.05) is 11.9 Å². The van der Waals surface area contributed by atoms with Gasteiger partial charge in [-0.3, -0.25) is 14.4 Å². The summed E-state index contributed by atoms with van der Waals surface area (Å²) in [5, 5.41) is 9.62. The molecule has 4 rings (SSSR count). The fraction of sp³-hybridized carbons (Fsp3) is 0.667. The zero-order valence-corrected chi connectivity index (χ0v) is 20.4. The first-order valence-corrected chi connectivity index (χ1v) is 11.5. The van der Waals surface area contributed by atoms with E-state index in [4.69, 9.17) is 9.26 Å². The van der Waals surface area contributed by atoms with Crippen LogP contribution in [0.1, 0.15) is 53.7 Å². The van der Waals surface area contributed by atoms with Crippen molar-refractivity contribution in [3.05, 3.63) is 24.0 Å². The van der Waals surface area contributed by atoms with Crippen molar-refractivity contribution >= 4 is 23.5 Å². The van der Waals surface area contributed by atoms with Crippen LogP contribution in [-0.4, -0.2) is 57.1 Å². The second-order valence-corrected chi connectivity index (χ2v) is 11.1. The van der Waals surface area contributed by atoms with Gasteiger partial charge in [-0.25, -0.2) is 0 Å². The zero-order chi connectivity index (χ0) is 24.3. The van der Waals surface area contributed by atoms with E-state index >= 15 is 0 Å². The molecule has 180 valence electrons. The molecule has 0 saturated carbocycles. The molecule has 9 nitrogen and oxygen atoms in total. The summed E-state index contributed by atoms with van der Waals surface area (Å²) in [5.74, 6) is -1.29. The van der Waals surface area contributed by atoms with E-state index in [1.807, 2.05) is 32.9 Å². The van der Waals surface area contributed by atoms with Crippen molar-refractivity contribution in [3.63, 3.8) is 0 Å². The van der Waals surface area contributed by atoms with Crippen LogP contribution in [-0.2, 0) is 19.1 Å². The Labute approximate surface area is 194 Å². The molecule has 2 N–H and O–H groups in total. The van der Waals surface area contributed by atoms with Crippen LogP contribution < -0.4 is 10.6 Å². The van der Waals surface area contributed by atoms with Crippen LogP contribution in [0.2, 0.25) is 0 Å². The molecule has 5 atom stereocenters. The lowest BCUT2D eigenvalue weighted by Gasteiger charge is -2.35. The zero-order valence-electron chi connectivity index (χ0n) is 20.4. The number of likely N-dealkylation sites (tertiary alicyclic amines) is 1. The van der Waals surface area contributed by atoms with E-state index < -0.39 is 34.6 Å². The quantitative estimate of drug-likeness (QED) is 0.633. The molecule has 0 aliphatic carbocycles. The number of carbonyl (C=O) groups excluding carboxylic acids is 3. The average Bonchev–Trinajstić information content (AvgIpc) is 3.36. The molecule has 3 amide bonds. The number of hydrogen-bond acceptors (Lipinski definition) is 6. The number of rotatable bonds is 6. The molecule has 1 spiro atoms. The lowest BCUT2D eigenvalue weighted by Crippen LogP contribution is -2.58. The summed E-state index contributed by atoms with van der Waals surface area (Å²) >= 11 is 0. The summed E-state index contributed by atoms with van der Waals surface area (Å²) in [7, 11) is 0. The van der Waals surface area contributed by atoms with Crippen molar-refractivity contribution in [3.8, 4) is 0 Å². The molecule has 4 heterocycles. The predicted molar refractivity (Wildman–Crippen MR) is 121 cm³/mol. The normalized spacial score (nSPS) is 32.5. The topological polar surface area (TPSA) is 114 Å². The monoisotopic (exact) mass is 458 g/mol. The number of fused-ring (bicyclic) bond motifs is 1. The van der Waals surface area contributed by atoms with E-state index in [1.54, 1.807) is 24.8 Å². The summed E-state index contributed by atoms with van der Waals surface area (Å²) in [6.07, 6.45) is 4.38. The maximum absolute atomic E-state index is 13.8. The Morgan fingerprint density at radius 1 is 1.24 bits per heavy atom. The Hall–Kier alpha value is -2.68. The van der Waals surface area contributed by atoms with Gasteiger partial charge in [0.25, 0.3) is 0 Å². The third-order valence-electron chi connectivity index (χ3n) is 6.65. The molecule has 9 heteroatoms. The van der Waals surface area contributed by atoms with Crippen molar-refractivity contribution < 1.29 is 23.6 Å². The van der Waals surface area contributed by atoms with Crippen LogP contribution in [0.3, 0.4) is 0 Å². The highest BCUT2D eigenvalue weighted by Crippen LogP contribution is 2.59. The minimum absolute atomic E-state index is 0.228. The van der Waals surface area contributed by atoms with Gasteiger partial charge >= 0.3 is 0 Å². The van der Waals surface area contributed by atoms with E-state index in [0.717, 1.165) is 6.42 Å². The van der Waals surface area contributed by atoms with Gasteiger partial charge < -0.3 is 24.8 Å². The molecule has 33 heavy (non-hydrogen) atoms. The predicted octanol–water partition coefficient (Wildman–Crippen LogP) is 2.42. The molecule has 2 saturated heterocycles. The Balaban J connectivity index is 1.71. The summed E-state index contributed by atoms with van der Waals surface area (Å²) in [4.78, 5) is 42.3. The van der Waals surface area contributed by atoms with Gasteiger partial charge in [0.1, 0.15) is 17.4 Å². The summed E-state index contributed by atoms with van der Waals surface area (Å²) < 4.78 is 11.5. The first kappa shape index (κ1) is 23.5. The number of aryl methyl sites for hydroxylation is 1. The van der Waals surface area contributed by atoms with Gasteiger partial charge in [-0.2, -0.15) is 0 Å². The van der Waals surface area contributed by atoms with Crippen LogP contribution >= 0.6 is 0 Å². The number of amides is 3. The van der Waals surface area contributed by atoms with Gasteiger partial charge in [-0.15, -0.1) is 0 Å². The summed E-state index contributed by atoms with van der Waals surface area (Å²) in [6.45, 7) is 13.8. The van der Waals surface area contributed by atoms with Crippen LogP contribution in [0, 0.1) is 24.7 Å². The fourth-order valence-electron chi connectivity index (χ4n) is 5.33. The van der Waals surface area contributed by atoms with E-state index in [9.17, 15) is 14.4 Å². The molecule has 0 radical (unpaired) electrons. The third-order valence-corrected chi connectivity index (χ3v) is 6.65. The number of nitrogens with zero attached hydrogens (tertiary/aromatic N) is 2. The Morgan fingerprint density at radius 2 is 1.94 bits per heavy atom. The fourth-order valence-corrected chi connectivity index (χ4v) is 5.33. The second kappa shape index (κ2) is 7.68. The maximum atomic E-state index is 13.8. The Bertz CT molecular complexity index is 1010. The Kier molecular flexibility index (Phi) is 5.47. The lowest BCUT2D eigenvalue weighted by atomic mass is 9.70. The number of nitrogens with one attached hydrogen (secondary N) is 2. The Morgan fingerprint density at radius 3 is 2.52 bits per heavy atom. The van der Waals surface area contributed by atoms with Crippen LogP contribution in [0.25, 0.3) is 0 Å². The first-order valence-electron chi connectivity index (χ1n) is 11.5. The van der Waals surface area contributed by atoms with Gasteiger partial charge in [-0.1, -0.05) is 31.2 Å². The number of hydrogen-bond donors (Lipinski definition) is 2. The average molecular weight is 459 g/mol. The SMILES string of the molecule is Cc1cc(NC(=O)[C@@H]2[C@H]3C(=O)N(CCC(C)C)[C@@H](C(=O)NC(C)(C)C)[C@@]34C=C[C@@]2(C)O4)no1. The van der Waals surface area contributed by atoms with E-state index in [0.29, 0.717) is 18.2 Å². The minimum Gasteiger partial charge on any atom is -0.360 e. The van der Waals surface area contributed by atoms with Gasteiger partial charge in [-0.05, 0) is 47.0 Å². The number of ether oxygens (including phenoxy) is 1. The van der Waals surface area contributed by atoms with Crippen LogP contribution in [0.15, 0.2) is 22.7 Å². The first-order chi connectivity index (χ1) is 15.3. The highest BCUT2D eigenvalue weighted by Gasteiger charge is 2.76. The molecule has 3 aliphatic rings. The number of anilines is 1. The highest BCUT2D eigenvalue weighted by atomic mass is 16.5. The highest BCUT2D eigenvalue weighted by molar-refractivity contribution is 6.03. The van der Waals surface area contributed by atoms with Gasteiger partial charge in [0.2, 0.25) is 17.7 Å². The molecule has 0 unspecified atom stereocenters. The second-order valence-electron chi connectivity index (χ2n) is 11.1. The van der Waals surface area contributed by atoms with Crippen molar-refractivity contribution in [2.45, 2.75) is 77.7 Å². The van der Waals surface area contributed by atoms with Crippen molar-refractivity contribution in [2.24, 2.45) is 17.8 Å². The third kappa shape index (κ3) is 3.86. The standard InChI is InChI=1S/C24H34N4O5/c1-13(2)8-11-28-18(20(30)26-22(4,5)6)24-10-9-23(7,33-24)16(17(24)21(28)31)19(29)25-15-12-14(3)32-27-15/h9-10,12-13,16-18H,8,11H2,1-7H3,(H,26,30)(H,25,27,29)/t16-,17-,18-,23+,24+/m0/s1.